The van der Waals surface area contributed by atoms with E-state index in [1.807, 2.05) is 24.3 Å². The number of amides is 1. The molecule has 0 bridgehead atoms. The first-order chi connectivity index (χ1) is 14.1. The van der Waals surface area contributed by atoms with Crippen LogP contribution in [0.4, 0.5) is 11.5 Å². The van der Waals surface area contributed by atoms with E-state index in [0.29, 0.717) is 29.4 Å². The number of nitrogens with zero attached hydrogens (tertiary/aromatic N) is 2. The Balaban J connectivity index is 1.69. The van der Waals surface area contributed by atoms with Crippen LogP contribution in [0.15, 0.2) is 60.9 Å². The summed E-state index contributed by atoms with van der Waals surface area (Å²) in [7, 11) is 2.90. The summed E-state index contributed by atoms with van der Waals surface area (Å²) < 4.78 is 10.0. The van der Waals surface area contributed by atoms with Crippen LogP contribution in [0.3, 0.4) is 0 Å². The van der Waals surface area contributed by atoms with E-state index in [0.717, 1.165) is 5.56 Å². The largest absolute Gasteiger partial charge is 0.496 e. The van der Waals surface area contributed by atoms with Crippen LogP contribution in [0.1, 0.15) is 26.4 Å². The van der Waals surface area contributed by atoms with E-state index < -0.39 is 5.97 Å². The van der Waals surface area contributed by atoms with Crippen LogP contribution in [-0.2, 0) is 11.3 Å². The third-order valence-corrected chi connectivity index (χ3v) is 4.09. The van der Waals surface area contributed by atoms with Gasteiger partial charge in [-0.05, 0) is 24.3 Å². The van der Waals surface area contributed by atoms with E-state index in [9.17, 15) is 9.59 Å². The summed E-state index contributed by atoms with van der Waals surface area (Å²) in [4.78, 5) is 32.3. The third kappa shape index (κ3) is 5.07. The van der Waals surface area contributed by atoms with Gasteiger partial charge in [-0.25, -0.2) is 14.8 Å². The van der Waals surface area contributed by atoms with Crippen LogP contribution < -0.4 is 15.4 Å². The van der Waals surface area contributed by atoms with Crippen molar-refractivity contribution in [2.75, 3.05) is 19.5 Å². The van der Waals surface area contributed by atoms with Crippen LogP contribution >= 0.6 is 0 Å². The molecular formula is C21H20N4O4. The number of anilines is 2. The van der Waals surface area contributed by atoms with Gasteiger partial charge in [0.05, 0.1) is 19.8 Å². The summed E-state index contributed by atoms with van der Waals surface area (Å²) >= 11 is 0. The van der Waals surface area contributed by atoms with Gasteiger partial charge in [-0.2, -0.15) is 0 Å². The molecule has 0 fully saturated rings. The van der Waals surface area contributed by atoms with Crippen molar-refractivity contribution in [2.24, 2.45) is 0 Å². The fourth-order valence-corrected chi connectivity index (χ4v) is 2.65. The zero-order valence-corrected chi connectivity index (χ0v) is 16.0. The molecule has 8 nitrogen and oxygen atoms in total. The molecule has 1 amide bonds. The average molecular weight is 392 g/mol. The van der Waals surface area contributed by atoms with Crippen LogP contribution in [0, 0.1) is 0 Å². The van der Waals surface area contributed by atoms with Crippen LogP contribution in [0.2, 0.25) is 0 Å². The Labute approximate surface area is 167 Å². The Bertz CT molecular complexity index is 1020. The second-order valence-corrected chi connectivity index (χ2v) is 5.98. The molecule has 0 unspecified atom stereocenters. The second kappa shape index (κ2) is 9.32. The van der Waals surface area contributed by atoms with E-state index in [1.54, 1.807) is 31.4 Å². The summed E-state index contributed by atoms with van der Waals surface area (Å²) in [6.45, 7) is 0.302. The fraction of sp³-hybridized carbons (Fsp3) is 0.143. The highest BCUT2D eigenvalue weighted by molar-refractivity contribution is 5.93. The zero-order chi connectivity index (χ0) is 20.6. The van der Waals surface area contributed by atoms with Crippen molar-refractivity contribution in [3.63, 3.8) is 0 Å². The van der Waals surface area contributed by atoms with Crippen molar-refractivity contribution in [2.45, 2.75) is 6.54 Å². The average Bonchev–Trinajstić information content (AvgIpc) is 2.77. The van der Waals surface area contributed by atoms with Crippen molar-refractivity contribution in [1.82, 2.24) is 15.3 Å². The number of methoxy groups -OCH3 is 2. The number of benzene rings is 2. The molecule has 2 aromatic carbocycles. The van der Waals surface area contributed by atoms with Crippen LogP contribution in [-0.4, -0.2) is 36.1 Å². The number of carbonyl (C=O) groups is 2. The monoisotopic (exact) mass is 392 g/mol. The Morgan fingerprint density at radius 2 is 1.83 bits per heavy atom. The Hall–Kier alpha value is -3.94. The Morgan fingerprint density at radius 1 is 1.00 bits per heavy atom. The highest BCUT2D eigenvalue weighted by atomic mass is 16.5. The predicted molar refractivity (Wildman–Crippen MR) is 107 cm³/mol. The standard InChI is InChI=1S/C21H20N4O4/c1-28-18-9-4-3-6-15(18)12-22-20(26)17-11-19(24-13-23-17)25-16-8-5-7-14(10-16)21(27)29-2/h3-11,13H,12H2,1-2H3,(H,22,26)(H,23,24,25). The predicted octanol–water partition coefficient (Wildman–Crippen LogP) is 2.95. The summed E-state index contributed by atoms with van der Waals surface area (Å²) in [5.74, 6) is 0.338. The molecule has 29 heavy (non-hydrogen) atoms. The minimum absolute atomic E-state index is 0.210. The van der Waals surface area contributed by atoms with E-state index in [4.69, 9.17) is 9.47 Å². The first kappa shape index (κ1) is 19.8. The molecule has 0 atom stereocenters. The maximum absolute atomic E-state index is 12.5. The molecule has 0 radical (unpaired) electrons. The lowest BCUT2D eigenvalue weighted by Gasteiger charge is -2.10. The SMILES string of the molecule is COC(=O)c1cccc(Nc2cc(C(=O)NCc3ccccc3OC)ncn2)c1. The lowest BCUT2D eigenvalue weighted by Crippen LogP contribution is -2.24. The fourth-order valence-electron chi connectivity index (χ4n) is 2.65. The minimum Gasteiger partial charge on any atom is -0.496 e. The number of rotatable bonds is 7. The minimum atomic E-state index is -0.437. The molecule has 1 heterocycles. The number of nitrogens with one attached hydrogen (secondary N) is 2. The van der Waals surface area contributed by atoms with Gasteiger partial charge in [0.2, 0.25) is 0 Å². The molecule has 0 saturated heterocycles. The molecule has 3 rings (SSSR count). The van der Waals surface area contributed by atoms with E-state index in [1.165, 1.54) is 19.5 Å². The van der Waals surface area contributed by atoms with Crippen molar-refractivity contribution in [3.8, 4) is 5.75 Å². The Morgan fingerprint density at radius 3 is 2.62 bits per heavy atom. The highest BCUT2D eigenvalue weighted by Crippen LogP contribution is 2.18. The van der Waals surface area contributed by atoms with E-state index in [-0.39, 0.29) is 11.6 Å². The molecule has 0 aliphatic heterocycles. The molecule has 1 aromatic heterocycles. The van der Waals surface area contributed by atoms with Crippen molar-refractivity contribution < 1.29 is 19.1 Å². The van der Waals surface area contributed by atoms with Crippen molar-refractivity contribution in [1.29, 1.82) is 0 Å². The zero-order valence-electron chi connectivity index (χ0n) is 16.0. The van der Waals surface area contributed by atoms with Crippen LogP contribution in [0.5, 0.6) is 5.75 Å². The maximum atomic E-state index is 12.5. The molecule has 3 aromatic rings. The molecule has 0 spiro atoms. The van der Waals surface area contributed by atoms with E-state index >= 15 is 0 Å². The topological polar surface area (TPSA) is 102 Å². The smallest absolute Gasteiger partial charge is 0.337 e. The van der Waals surface area contributed by atoms with Gasteiger partial charge in [0.1, 0.15) is 23.6 Å². The summed E-state index contributed by atoms with van der Waals surface area (Å²) in [5.41, 5.74) is 2.10. The van der Waals surface area contributed by atoms with Gasteiger partial charge in [-0.3, -0.25) is 4.79 Å². The van der Waals surface area contributed by atoms with Crippen molar-refractivity contribution >= 4 is 23.4 Å². The number of para-hydroxylation sites is 1. The lowest BCUT2D eigenvalue weighted by molar-refractivity contribution is 0.0600. The summed E-state index contributed by atoms with van der Waals surface area (Å²) in [6, 6.07) is 15.7. The molecule has 0 aliphatic rings. The van der Waals surface area contributed by atoms with Gasteiger partial charge < -0.3 is 20.1 Å². The normalized spacial score (nSPS) is 10.1. The maximum Gasteiger partial charge on any atom is 0.337 e. The van der Waals surface area contributed by atoms with Crippen molar-refractivity contribution in [3.05, 3.63) is 77.7 Å². The van der Waals surface area contributed by atoms with Crippen LogP contribution in [0.25, 0.3) is 0 Å². The molecule has 8 heteroatoms. The first-order valence-corrected chi connectivity index (χ1v) is 8.78. The quantitative estimate of drug-likeness (QED) is 0.596. The molecule has 0 saturated carbocycles. The van der Waals surface area contributed by atoms with Gasteiger partial charge in [0.15, 0.2) is 0 Å². The lowest BCUT2D eigenvalue weighted by atomic mass is 10.2. The number of hydrogen-bond donors (Lipinski definition) is 2. The molecular weight excluding hydrogens is 372 g/mol. The number of hydrogen-bond acceptors (Lipinski definition) is 7. The first-order valence-electron chi connectivity index (χ1n) is 8.78. The van der Waals surface area contributed by atoms with Gasteiger partial charge in [0, 0.05) is 23.9 Å². The molecule has 148 valence electrons. The van der Waals surface area contributed by atoms with Gasteiger partial charge in [-0.1, -0.05) is 24.3 Å². The second-order valence-electron chi connectivity index (χ2n) is 5.98. The number of ether oxygens (including phenoxy) is 2. The van der Waals surface area contributed by atoms with Gasteiger partial charge in [-0.15, -0.1) is 0 Å². The molecule has 2 N–H and O–H groups in total. The number of aromatic nitrogens is 2. The van der Waals surface area contributed by atoms with Gasteiger partial charge >= 0.3 is 5.97 Å². The highest BCUT2D eigenvalue weighted by Gasteiger charge is 2.11. The Kier molecular flexibility index (Phi) is 6.36. The molecule has 0 aliphatic carbocycles. The number of esters is 1. The third-order valence-electron chi connectivity index (χ3n) is 4.09. The van der Waals surface area contributed by atoms with E-state index in [2.05, 4.69) is 20.6 Å². The number of carbonyl (C=O) groups excluding carboxylic acids is 2. The summed E-state index contributed by atoms with van der Waals surface area (Å²) in [6.07, 6.45) is 1.30. The van der Waals surface area contributed by atoms with Gasteiger partial charge in [0.25, 0.3) is 5.91 Å². The summed E-state index contributed by atoms with van der Waals surface area (Å²) in [5, 5.41) is 5.87.